The van der Waals surface area contributed by atoms with E-state index in [1.54, 1.807) is 26.8 Å². The Labute approximate surface area is 253 Å². The predicted octanol–water partition coefficient (Wildman–Crippen LogP) is 6.46. The Balaban J connectivity index is 2.11. The summed E-state index contributed by atoms with van der Waals surface area (Å²) in [5.74, 6) is -1.34. The van der Waals surface area contributed by atoms with Crippen molar-refractivity contribution in [1.29, 1.82) is 0 Å². The molecule has 0 radical (unpaired) electrons. The van der Waals surface area contributed by atoms with Crippen LogP contribution in [-0.2, 0) is 32.3 Å². The predicted molar refractivity (Wildman–Crippen MR) is 157 cm³/mol. The van der Waals surface area contributed by atoms with E-state index in [4.69, 9.17) is 23.2 Å². The first-order chi connectivity index (χ1) is 19.5. The lowest BCUT2D eigenvalue weighted by atomic mass is 10.1. The molecule has 2 amide bonds. The minimum absolute atomic E-state index is 0.163. The van der Waals surface area contributed by atoms with E-state index in [9.17, 15) is 31.2 Å². The van der Waals surface area contributed by atoms with E-state index < -0.39 is 46.2 Å². The molecule has 1 atom stereocenters. The average molecular weight is 645 g/mol. The van der Waals surface area contributed by atoms with Crippen LogP contribution in [0.15, 0.2) is 71.6 Å². The minimum Gasteiger partial charge on any atom is -0.352 e. The number of hydrogen-bond acceptors (Lipinski definition) is 4. The van der Waals surface area contributed by atoms with E-state index in [0.717, 1.165) is 22.6 Å². The van der Waals surface area contributed by atoms with Gasteiger partial charge >= 0.3 is 6.18 Å². The summed E-state index contributed by atoms with van der Waals surface area (Å²) in [6, 6.07) is 12.7. The molecule has 42 heavy (non-hydrogen) atoms. The van der Waals surface area contributed by atoms with E-state index >= 15 is 0 Å². The lowest BCUT2D eigenvalue weighted by Crippen LogP contribution is -2.52. The molecule has 7 nitrogen and oxygen atoms in total. The van der Waals surface area contributed by atoms with Crippen LogP contribution in [0.3, 0.4) is 0 Å². The number of halogens is 5. The van der Waals surface area contributed by atoms with Gasteiger partial charge in [0.1, 0.15) is 12.6 Å². The van der Waals surface area contributed by atoms with Crippen molar-refractivity contribution in [2.75, 3.05) is 10.8 Å². The van der Waals surface area contributed by atoms with Crippen molar-refractivity contribution in [1.82, 2.24) is 10.2 Å². The second-order valence-corrected chi connectivity index (χ2v) is 12.7. The molecule has 0 unspecified atom stereocenters. The highest BCUT2D eigenvalue weighted by Crippen LogP contribution is 2.33. The second-order valence-electron chi connectivity index (χ2n) is 9.98. The number of anilines is 1. The Hall–Kier alpha value is -3.28. The van der Waals surface area contributed by atoms with Gasteiger partial charge in [-0.05, 0) is 75.7 Å². The van der Waals surface area contributed by atoms with E-state index in [1.807, 2.05) is 0 Å². The molecule has 3 aromatic carbocycles. The van der Waals surface area contributed by atoms with Crippen molar-refractivity contribution in [3.63, 3.8) is 0 Å². The zero-order valence-electron chi connectivity index (χ0n) is 23.2. The van der Waals surface area contributed by atoms with Gasteiger partial charge in [0.05, 0.1) is 26.2 Å². The Morgan fingerprint density at radius 1 is 0.929 bits per heavy atom. The lowest BCUT2D eigenvalue weighted by molar-refractivity contribution is -0.139. The van der Waals surface area contributed by atoms with Crippen LogP contribution in [0.1, 0.15) is 37.5 Å². The van der Waals surface area contributed by atoms with Crippen LogP contribution in [0.25, 0.3) is 0 Å². The number of alkyl halides is 3. The second kappa shape index (κ2) is 13.4. The van der Waals surface area contributed by atoms with Gasteiger partial charge in [-0.25, -0.2) is 8.42 Å². The van der Waals surface area contributed by atoms with Gasteiger partial charge in [0.25, 0.3) is 10.0 Å². The first kappa shape index (κ1) is 33.2. The maximum Gasteiger partial charge on any atom is 0.416 e. The number of sulfonamides is 1. The van der Waals surface area contributed by atoms with Gasteiger partial charge in [0, 0.05) is 12.6 Å². The van der Waals surface area contributed by atoms with Crippen LogP contribution in [0, 0.1) is 6.92 Å². The quantitative estimate of drug-likeness (QED) is 0.275. The van der Waals surface area contributed by atoms with Gasteiger partial charge in [-0.3, -0.25) is 13.9 Å². The Morgan fingerprint density at radius 2 is 1.57 bits per heavy atom. The van der Waals surface area contributed by atoms with E-state index in [1.165, 1.54) is 49.4 Å². The first-order valence-corrected chi connectivity index (χ1v) is 15.0. The molecule has 226 valence electrons. The van der Waals surface area contributed by atoms with Crippen molar-refractivity contribution in [3.8, 4) is 0 Å². The van der Waals surface area contributed by atoms with E-state index in [-0.39, 0.29) is 33.2 Å². The zero-order valence-corrected chi connectivity index (χ0v) is 25.6. The Kier molecular flexibility index (Phi) is 10.6. The van der Waals surface area contributed by atoms with Crippen molar-refractivity contribution in [2.24, 2.45) is 0 Å². The summed E-state index contributed by atoms with van der Waals surface area (Å²) < 4.78 is 69.0. The molecule has 3 aromatic rings. The summed E-state index contributed by atoms with van der Waals surface area (Å²) in [6.07, 6.45) is -4.76. The number of nitrogens with one attached hydrogen (secondary N) is 1. The third kappa shape index (κ3) is 8.17. The van der Waals surface area contributed by atoms with Gasteiger partial charge in [0.2, 0.25) is 11.8 Å². The van der Waals surface area contributed by atoms with Crippen LogP contribution in [0.5, 0.6) is 0 Å². The number of carbonyl (C=O) groups is 2. The molecule has 0 aliphatic rings. The molecule has 0 bridgehead atoms. The van der Waals surface area contributed by atoms with E-state index in [0.29, 0.717) is 15.9 Å². The Bertz CT molecular complexity index is 1550. The third-order valence-electron chi connectivity index (χ3n) is 6.28. The largest absolute Gasteiger partial charge is 0.416 e. The molecule has 0 saturated carbocycles. The normalized spacial score (nSPS) is 12.6. The molecule has 0 aromatic heterocycles. The number of benzene rings is 3. The summed E-state index contributed by atoms with van der Waals surface area (Å²) in [6.45, 7) is 5.63. The number of hydrogen-bond donors (Lipinski definition) is 1. The highest BCUT2D eigenvalue weighted by Gasteiger charge is 2.35. The summed E-state index contributed by atoms with van der Waals surface area (Å²) in [4.78, 5) is 27.8. The molecule has 1 N–H and O–H groups in total. The van der Waals surface area contributed by atoms with E-state index in [2.05, 4.69) is 5.32 Å². The molecule has 0 heterocycles. The molecule has 0 saturated heterocycles. The maximum absolute atomic E-state index is 13.9. The topological polar surface area (TPSA) is 86.8 Å². The summed E-state index contributed by atoms with van der Waals surface area (Å²) >= 11 is 12.2. The molecule has 0 aliphatic heterocycles. The zero-order chi connectivity index (χ0) is 31.4. The van der Waals surface area contributed by atoms with Crippen LogP contribution in [0.2, 0.25) is 10.0 Å². The van der Waals surface area contributed by atoms with Crippen LogP contribution >= 0.6 is 23.2 Å². The Morgan fingerprint density at radius 3 is 2.14 bits per heavy atom. The highest BCUT2D eigenvalue weighted by molar-refractivity contribution is 7.92. The third-order valence-corrected chi connectivity index (χ3v) is 8.81. The highest BCUT2D eigenvalue weighted by atomic mass is 35.5. The van der Waals surface area contributed by atoms with Gasteiger partial charge < -0.3 is 10.2 Å². The monoisotopic (exact) mass is 643 g/mol. The fourth-order valence-corrected chi connectivity index (χ4v) is 5.75. The number of nitrogens with zero attached hydrogens (tertiary/aromatic N) is 2. The number of carbonyl (C=O) groups excluding carboxylic acids is 2. The van der Waals surface area contributed by atoms with Crippen molar-refractivity contribution in [2.45, 2.75) is 57.4 Å². The molecule has 0 fully saturated rings. The molecule has 0 spiro atoms. The summed E-state index contributed by atoms with van der Waals surface area (Å²) in [5.41, 5.74) is -0.205. The standard InChI is InChI=1S/C29H30Cl2F3N3O4S/c1-18(2)35-28(39)20(4)36(16-21-10-13-25(30)26(31)14-21)27(38)17-37(23-7-5-6-22(15-23)29(32,33)34)42(40,41)24-11-8-19(3)9-12-24/h5-15,18,20H,16-17H2,1-4H3,(H,35,39)/t20-/m0/s1. The maximum atomic E-state index is 13.9. The van der Waals surface area contributed by atoms with Gasteiger partial charge in [-0.15, -0.1) is 0 Å². The van der Waals surface area contributed by atoms with Gasteiger partial charge in [0.15, 0.2) is 0 Å². The van der Waals surface area contributed by atoms with Crippen LogP contribution in [-0.4, -0.2) is 43.8 Å². The molecule has 13 heteroatoms. The van der Waals surface area contributed by atoms with Crippen molar-refractivity contribution >= 4 is 50.7 Å². The fraction of sp³-hybridized carbons (Fsp3) is 0.310. The van der Waals surface area contributed by atoms with Gasteiger partial charge in [-0.2, -0.15) is 13.2 Å². The van der Waals surface area contributed by atoms with Crippen LogP contribution < -0.4 is 9.62 Å². The minimum atomic E-state index is -4.76. The molecule has 3 rings (SSSR count). The van der Waals surface area contributed by atoms with Crippen LogP contribution in [0.4, 0.5) is 18.9 Å². The summed E-state index contributed by atoms with van der Waals surface area (Å²) in [7, 11) is -4.53. The summed E-state index contributed by atoms with van der Waals surface area (Å²) in [5, 5.41) is 3.19. The van der Waals surface area contributed by atoms with Crippen molar-refractivity contribution < 1.29 is 31.2 Å². The van der Waals surface area contributed by atoms with Crippen molar-refractivity contribution in [3.05, 3.63) is 93.5 Å². The SMILES string of the molecule is Cc1ccc(S(=O)(=O)N(CC(=O)N(Cc2ccc(Cl)c(Cl)c2)[C@@H](C)C(=O)NC(C)C)c2cccc(C(F)(F)F)c2)cc1. The lowest BCUT2D eigenvalue weighted by Gasteiger charge is -2.32. The first-order valence-electron chi connectivity index (χ1n) is 12.8. The number of rotatable bonds is 10. The van der Waals surface area contributed by atoms with Gasteiger partial charge in [-0.1, -0.05) is 53.0 Å². The molecular weight excluding hydrogens is 614 g/mol. The number of amides is 2. The average Bonchev–Trinajstić information content (AvgIpc) is 2.91. The smallest absolute Gasteiger partial charge is 0.352 e. The fourth-order valence-electron chi connectivity index (χ4n) is 4.03. The number of aryl methyl sites for hydroxylation is 1. The molecular formula is C29H30Cl2F3N3O4S. The molecule has 0 aliphatic carbocycles.